The van der Waals surface area contributed by atoms with Crippen LogP contribution in [0.5, 0.6) is 11.5 Å². The minimum atomic E-state index is -0.766. The van der Waals surface area contributed by atoms with Crippen LogP contribution >= 0.6 is 0 Å². The third-order valence-corrected chi connectivity index (χ3v) is 3.30. The Labute approximate surface area is 114 Å². The minimum absolute atomic E-state index is 0.364. The summed E-state index contributed by atoms with van der Waals surface area (Å²) in [6.45, 7) is 4.12. The van der Waals surface area contributed by atoms with E-state index < -0.39 is 11.4 Å². The van der Waals surface area contributed by atoms with E-state index >= 15 is 0 Å². The molecule has 1 unspecified atom stereocenters. The first-order valence-corrected chi connectivity index (χ1v) is 6.52. The molecule has 1 atom stereocenters. The fourth-order valence-electron chi connectivity index (χ4n) is 2.01. The number of methoxy groups -OCH3 is 1. The lowest BCUT2D eigenvalue weighted by Gasteiger charge is -2.24. The lowest BCUT2D eigenvalue weighted by molar-refractivity contribution is -0.149. The van der Waals surface area contributed by atoms with E-state index in [2.05, 4.69) is 0 Å². The van der Waals surface area contributed by atoms with E-state index in [1.165, 1.54) is 0 Å². The van der Waals surface area contributed by atoms with Gasteiger partial charge in [0.25, 0.3) is 0 Å². The molecule has 1 aromatic rings. The molecule has 0 spiro atoms. The fourth-order valence-corrected chi connectivity index (χ4v) is 2.01. The van der Waals surface area contributed by atoms with E-state index in [9.17, 15) is 9.90 Å². The van der Waals surface area contributed by atoms with Crippen LogP contribution in [0.4, 0.5) is 0 Å². The van der Waals surface area contributed by atoms with E-state index in [1.807, 2.05) is 31.2 Å². The largest absolute Gasteiger partial charge is 0.493 e. The summed E-state index contributed by atoms with van der Waals surface area (Å²) in [5.41, 5.74) is -0.725. The molecular weight excluding hydrogens is 244 g/mol. The van der Waals surface area contributed by atoms with Crippen molar-refractivity contribution in [1.82, 2.24) is 0 Å². The molecule has 0 aliphatic carbocycles. The number of carboxylic acids is 1. The molecule has 0 radical (unpaired) electrons. The number of ether oxygens (including phenoxy) is 2. The molecule has 1 N–H and O–H groups in total. The highest BCUT2D eigenvalue weighted by Crippen LogP contribution is 2.30. The average molecular weight is 266 g/mol. The van der Waals surface area contributed by atoms with E-state index in [1.54, 1.807) is 14.0 Å². The maximum absolute atomic E-state index is 11.3. The average Bonchev–Trinajstić information content (AvgIpc) is 2.39. The molecule has 4 nitrogen and oxygen atoms in total. The smallest absolute Gasteiger partial charge is 0.309 e. The number of hydrogen-bond acceptors (Lipinski definition) is 3. The van der Waals surface area contributed by atoms with Crippen molar-refractivity contribution in [2.24, 2.45) is 5.41 Å². The SMILES string of the molecule is CCCC(C)(CCOc1ccccc1OC)C(=O)O. The summed E-state index contributed by atoms with van der Waals surface area (Å²) in [5, 5.41) is 9.28. The van der Waals surface area contributed by atoms with Gasteiger partial charge < -0.3 is 14.6 Å². The predicted molar refractivity (Wildman–Crippen MR) is 73.8 cm³/mol. The van der Waals surface area contributed by atoms with Gasteiger partial charge in [-0.25, -0.2) is 0 Å². The Bertz CT molecular complexity index is 416. The quantitative estimate of drug-likeness (QED) is 0.784. The van der Waals surface area contributed by atoms with Gasteiger partial charge in [0.1, 0.15) is 0 Å². The molecular formula is C15H22O4. The van der Waals surface area contributed by atoms with Gasteiger partial charge in [-0.05, 0) is 31.9 Å². The first-order chi connectivity index (χ1) is 9.03. The first-order valence-electron chi connectivity index (χ1n) is 6.52. The molecule has 1 aromatic carbocycles. The zero-order chi connectivity index (χ0) is 14.3. The van der Waals surface area contributed by atoms with E-state index in [0.717, 1.165) is 6.42 Å². The van der Waals surface area contributed by atoms with Crippen molar-refractivity contribution in [3.05, 3.63) is 24.3 Å². The second-order valence-corrected chi connectivity index (χ2v) is 4.87. The van der Waals surface area contributed by atoms with Crippen molar-refractivity contribution in [2.45, 2.75) is 33.1 Å². The van der Waals surface area contributed by atoms with Crippen molar-refractivity contribution in [3.8, 4) is 11.5 Å². The molecule has 0 aliphatic heterocycles. The molecule has 0 saturated carbocycles. The Balaban J connectivity index is 2.59. The van der Waals surface area contributed by atoms with Crippen molar-refractivity contribution in [3.63, 3.8) is 0 Å². The van der Waals surface area contributed by atoms with Crippen LogP contribution in [0.1, 0.15) is 33.1 Å². The standard InChI is InChI=1S/C15H22O4/c1-4-9-15(2,14(16)17)10-11-19-13-8-6-5-7-12(13)18-3/h5-8H,4,9-11H2,1-3H3,(H,16,17). The maximum atomic E-state index is 11.3. The van der Waals surface area contributed by atoms with Crippen LogP contribution in [0.15, 0.2) is 24.3 Å². The maximum Gasteiger partial charge on any atom is 0.309 e. The summed E-state index contributed by atoms with van der Waals surface area (Å²) in [6.07, 6.45) is 1.98. The van der Waals surface area contributed by atoms with Gasteiger partial charge in [0.2, 0.25) is 0 Å². The minimum Gasteiger partial charge on any atom is -0.493 e. The molecule has 19 heavy (non-hydrogen) atoms. The number of carboxylic acid groups (broad SMARTS) is 1. The molecule has 1 rings (SSSR count). The highest BCUT2D eigenvalue weighted by atomic mass is 16.5. The van der Waals surface area contributed by atoms with Crippen molar-refractivity contribution in [1.29, 1.82) is 0 Å². The summed E-state index contributed by atoms with van der Waals surface area (Å²) < 4.78 is 10.8. The fraction of sp³-hybridized carbons (Fsp3) is 0.533. The normalized spacial score (nSPS) is 13.6. The molecule has 0 bridgehead atoms. The summed E-state index contributed by atoms with van der Waals surface area (Å²) in [5.74, 6) is 0.544. The molecule has 0 aliphatic rings. The number of carbonyl (C=O) groups is 1. The van der Waals surface area contributed by atoms with Crippen LogP contribution < -0.4 is 9.47 Å². The third kappa shape index (κ3) is 4.16. The van der Waals surface area contributed by atoms with Crippen molar-refractivity contribution in [2.75, 3.05) is 13.7 Å². The Morgan fingerprint density at radius 3 is 2.42 bits per heavy atom. The van der Waals surface area contributed by atoms with Crippen LogP contribution in [-0.4, -0.2) is 24.8 Å². The van der Waals surface area contributed by atoms with E-state index in [0.29, 0.717) is 30.9 Å². The van der Waals surface area contributed by atoms with Gasteiger partial charge in [-0.15, -0.1) is 0 Å². The monoisotopic (exact) mass is 266 g/mol. The summed E-state index contributed by atoms with van der Waals surface area (Å²) in [6, 6.07) is 7.36. The van der Waals surface area contributed by atoms with Gasteiger partial charge in [0.15, 0.2) is 11.5 Å². The van der Waals surface area contributed by atoms with Gasteiger partial charge in [0.05, 0.1) is 19.1 Å². The van der Waals surface area contributed by atoms with E-state index in [-0.39, 0.29) is 0 Å². The number of rotatable bonds is 8. The van der Waals surface area contributed by atoms with Gasteiger partial charge >= 0.3 is 5.97 Å². The summed E-state index contributed by atoms with van der Waals surface area (Å²) >= 11 is 0. The highest BCUT2D eigenvalue weighted by molar-refractivity contribution is 5.74. The van der Waals surface area contributed by atoms with Crippen LogP contribution in [0.2, 0.25) is 0 Å². The Kier molecular flexibility index (Phi) is 5.67. The van der Waals surface area contributed by atoms with Gasteiger partial charge in [-0.1, -0.05) is 25.5 Å². The topological polar surface area (TPSA) is 55.8 Å². The second kappa shape index (κ2) is 7.02. The van der Waals surface area contributed by atoms with Crippen molar-refractivity contribution < 1.29 is 19.4 Å². The predicted octanol–water partition coefficient (Wildman–Crippen LogP) is 3.36. The van der Waals surface area contributed by atoms with Gasteiger partial charge in [-0.2, -0.15) is 0 Å². The number of benzene rings is 1. The molecule has 0 heterocycles. The molecule has 4 heteroatoms. The molecule has 0 fully saturated rings. The van der Waals surface area contributed by atoms with E-state index in [4.69, 9.17) is 9.47 Å². The number of hydrogen-bond donors (Lipinski definition) is 1. The van der Waals surface area contributed by atoms with Crippen molar-refractivity contribution >= 4 is 5.97 Å². The summed E-state index contributed by atoms with van der Waals surface area (Å²) in [7, 11) is 1.58. The lowest BCUT2D eigenvalue weighted by atomic mass is 9.83. The van der Waals surface area contributed by atoms with Gasteiger partial charge in [-0.3, -0.25) is 4.79 Å². The molecule has 0 saturated heterocycles. The Morgan fingerprint density at radius 1 is 1.26 bits per heavy atom. The summed E-state index contributed by atoms with van der Waals surface area (Å²) in [4.78, 5) is 11.3. The zero-order valence-electron chi connectivity index (χ0n) is 11.8. The Hall–Kier alpha value is -1.71. The Morgan fingerprint density at radius 2 is 1.89 bits per heavy atom. The third-order valence-electron chi connectivity index (χ3n) is 3.30. The lowest BCUT2D eigenvalue weighted by Crippen LogP contribution is -2.29. The second-order valence-electron chi connectivity index (χ2n) is 4.87. The molecule has 106 valence electrons. The number of aliphatic carboxylic acids is 1. The van der Waals surface area contributed by atoms with Crippen LogP contribution in [0, 0.1) is 5.41 Å². The zero-order valence-corrected chi connectivity index (χ0v) is 11.8. The van der Waals surface area contributed by atoms with Crippen LogP contribution in [-0.2, 0) is 4.79 Å². The van der Waals surface area contributed by atoms with Gasteiger partial charge in [0, 0.05) is 0 Å². The van der Waals surface area contributed by atoms with Crippen LogP contribution in [0.25, 0.3) is 0 Å². The highest BCUT2D eigenvalue weighted by Gasteiger charge is 2.31. The molecule has 0 aromatic heterocycles. The first kappa shape index (κ1) is 15.3. The van der Waals surface area contributed by atoms with Crippen LogP contribution in [0.3, 0.4) is 0 Å². The molecule has 0 amide bonds. The number of para-hydroxylation sites is 2.